The highest BCUT2D eigenvalue weighted by molar-refractivity contribution is 5.94. The average Bonchev–Trinajstić information content (AvgIpc) is 2.62. The number of likely N-dealkylation sites (tertiary alicyclic amines) is 1. The van der Waals surface area contributed by atoms with Crippen LogP contribution in [0.25, 0.3) is 0 Å². The summed E-state index contributed by atoms with van der Waals surface area (Å²) in [4.78, 5) is 26.1. The maximum absolute atomic E-state index is 11.9. The maximum atomic E-state index is 11.9. The highest BCUT2D eigenvalue weighted by atomic mass is 16.3. The molecule has 25 heavy (non-hydrogen) atoms. The van der Waals surface area contributed by atoms with Crippen LogP contribution in [-0.4, -0.2) is 61.2 Å². The summed E-state index contributed by atoms with van der Waals surface area (Å²) in [5.41, 5.74) is 1.71. The zero-order chi connectivity index (χ0) is 18.1. The van der Waals surface area contributed by atoms with Crippen LogP contribution < -0.4 is 10.6 Å². The second kappa shape index (κ2) is 10.2. The van der Waals surface area contributed by atoms with Crippen molar-refractivity contribution in [1.82, 2.24) is 15.5 Å². The van der Waals surface area contributed by atoms with Gasteiger partial charge in [-0.05, 0) is 44.4 Å². The summed E-state index contributed by atoms with van der Waals surface area (Å²) in [5, 5.41) is 14.9. The first-order valence-corrected chi connectivity index (χ1v) is 9.03. The Hall–Kier alpha value is -1.92. The monoisotopic (exact) mass is 347 g/mol. The number of amides is 2. The van der Waals surface area contributed by atoms with Crippen molar-refractivity contribution >= 4 is 11.8 Å². The van der Waals surface area contributed by atoms with Crippen molar-refractivity contribution in [3.63, 3.8) is 0 Å². The Bertz CT molecular complexity index is 560. The van der Waals surface area contributed by atoms with Gasteiger partial charge in [0.15, 0.2) is 0 Å². The van der Waals surface area contributed by atoms with Gasteiger partial charge in [-0.2, -0.15) is 0 Å². The molecule has 1 aromatic rings. The Morgan fingerprint density at radius 2 is 1.96 bits per heavy atom. The topological polar surface area (TPSA) is 81.7 Å². The zero-order valence-corrected chi connectivity index (χ0v) is 15.0. The Morgan fingerprint density at radius 3 is 2.68 bits per heavy atom. The van der Waals surface area contributed by atoms with Gasteiger partial charge in [0.05, 0.1) is 0 Å². The molecule has 2 amide bonds. The Kier molecular flexibility index (Phi) is 7.88. The lowest BCUT2D eigenvalue weighted by atomic mass is 9.99. The van der Waals surface area contributed by atoms with Crippen LogP contribution in [0.15, 0.2) is 24.3 Å². The number of hydrogen-bond acceptors (Lipinski definition) is 4. The minimum Gasteiger partial charge on any atom is -0.396 e. The van der Waals surface area contributed by atoms with Gasteiger partial charge in [0.2, 0.25) is 5.91 Å². The molecular weight excluding hydrogens is 318 g/mol. The first-order chi connectivity index (χ1) is 12.1. The van der Waals surface area contributed by atoms with E-state index in [1.807, 2.05) is 19.1 Å². The van der Waals surface area contributed by atoms with Crippen LogP contribution in [0.4, 0.5) is 0 Å². The van der Waals surface area contributed by atoms with Crippen LogP contribution in [0.1, 0.15) is 35.2 Å². The van der Waals surface area contributed by atoms with Gasteiger partial charge in [0.25, 0.3) is 5.91 Å². The van der Waals surface area contributed by atoms with Gasteiger partial charge in [-0.3, -0.25) is 9.59 Å². The molecule has 0 spiro atoms. The molecule has 1 aliphatic rings. The third kappa shape index (κ3) is 6.84. The lowest BCUT2D eigenvalue weighted by Crippen LogP contribution is -2.41. The number of piperidine rings is 1. The SMILES string of the molecule is Cc1ccc(C(=O)NCCC(=O)NCCN2CCC[C@@H](CO)C2)cc1. The lowest BCUT2D eigenvalue weighted by Gasteiger charge is -2.31. The minimum atomic E-state index is -0.156. The van der Waals surface area contributed by atoms with Crippen LogP contribution in [0, 0.1) is 12.8 Å². The first kappa shape index (κ1) is 19.4. The van der Waals surface area contributed by atoms with Gasteiger partial charge in [0, 0.05) is 44.8 Å². The normalized spacial score (nSPS) is 17.9. The van der Waals surface area contributed by atoms with Gasteiger partial charge in [-0.15, -0.1) is 0 Å². The quantitative estimate of drug-likeness (QED) is 0.654. The largest absolute Gasteiger partial charge is 0.396 e. The van der Waals surface area contributed by atoms with E-state index in [0.717, 1.165) is 38.0 Å². The third-order valence-corrected chi connectivity index (χ3v) is 4.56. The number of carbonyl (C=O) groups is 2. The molecule has 6 nitrogen and oxygen atoms in total. The van der Waals surface area contributed by atoms with E-state index in [2.05, 4.69) is 15.5 Å². The highest BCUT2D eigenvalue weighted by Gasteiger charge is 2.18. The molecule has 1 aromatic carbocycles. The van der Waals surface area contributed by atoms with Crippen molar-refractivity contribution in [2.24, 2.45) is 5.92 Å². The molecule has 0 aromatic heterocycles. The Labute approximate surface area is 149 Å². The van der Waals surface area contributed by atoms with Crippen molar-refractivity contribution in [2.45, 2.75) is 26.2 Å². The Balaban J connectivity index is 1.58. The molecule has 1 saturated heterocycles. The molecule has 0 saturated carbocycles. The molecule has 2 rings (SSSR count). The van der Waals surface area contributed by atoms with Gasteiger partial charge >= 0.3 is 0 Å². The molecule has 1 fully saturated rings. The summed E-state index contributed by atoms with van der Waals surface area (Å²) in [5.74, 6) is 0.150. The summed E-state index contributed by atoms with van der Waals surface area (Å²) in [7, 11) is 0. The van der Waals surface area contributed by atoms with E-state index in [4.69, 9.17) is 0 Å². The van der Waals surface area contributed by atoms with E-state index in [-0.39, 0.29) is 24.8 Å². The van der Waals surface area contributed by atoms with Crippen molar-refractivity contribution < 1.29 is 14.7 Å². The number of nitrogens with one attached hydrogen (secondary N) is 2. The number of nitrogens with zero attached hydrogens (tertiary/aromatic N) is 1. The van der Waals surface area contributed by atoms with Crippen LogP contribution >= 0.6 is 0 Å². The second-order valence-electron chi connectivity index (χ2n) is 6.71. The van der Waals surface area contributed by atoms with E-state index >= 15 is 0 Å². The van der Waals surface area contributed by atoms with Crippen molar-refractivity contribution in [3.8, 4) is 0 Å². The average molecular weight is 347 g/mol. The molecule has 1 atom stereocenters. The van der Waals surface area contributed by atoms with Gasteiger partial charge < -0.3 is 20.6 Å². The summed E-state index contributed by atoms with van der Waals surface area (Å²) >= 11 is 0. The molecule has 3 N–H and O–H groups in total. The molecule has 0 unspecified atom stereocenters. The van der Waals surface area contributed by atoms with Gasteiger partial charge in [-0.25, -0.2) is 0 Å². The molecule has 0 radical (unpaired) electrons. The van der Waals surface area contributed by atoms with Crippen molar-refractivity contribution in [3.05, 3.63) is 35.4 Å². The fourth-order valence-electron chi connectivity index (χ4n) is 3.04. The standard InChI is InChI=1S/C19H29N3O3/c1-15-4-6-17(7-5-15)19(25)21-9-8-18(24)20-10-12-22-11-2-3-16(13-22)14-23/h4-7,16,23H,2-3,8-14H2,1H3,(H,20,24)(H,21,25)/t16-/m1/s1. The second-order valence-corrected chi connectivity index (χ2v) is 6.71. The molecule has 0 aliphatic carbocycles. The summed E-state index contributed by atoms with van der Waals surface area (Å²) in [6.07, 6.45) is 2.46. The van der Waals surface area contributed by atoms with Crippen molar-refractivity contribution in [2.75, 3.05) is 39.3 Å². The van der Waals surface area contributed by atoms with E-state index in [9.17, 15) is 14.7 Å². The molecular formula is C19H29N3O3. The van der Waals surface area contributed by atoms with Crippen LogP contribution in [0.2, 0.25) is 0 Å². The van der Waals surface area contributed by atoms with Gasteiger partial charge in [0.1, 0.15) is 0 Å². The minimum absolute atomic E-state index is 0.0556. The van der Waals surface area contributed by atoms with Crippen LogP contribution in [-0.2, 0) is 4.79 Å². The molecule has 6 heteroatoms. The van der Waals surface area contributed by atoms with Crippen LogP contribution in [0.3, 0.4) is 0 Å². The van der Waals surface area contributed by atoms with Gasteiger partial charge in [-0.1, -0.05) is 17.7 Å². The number of hydrogen-bond donors (Lipinski definition) is 3. The number of aliphatic hydroxyl groups excluding tert-OH is 1. The first-order valence-electron chi connectivity index (χ1n) is 9.03. The number of aliphatic hydroxyl groups is 1. The zero-order valence-electron chi connectivity index (χ0n) is 15.0. The van der Waals surface area contributed by atoms with E-state index in [0.29, 0.717) is 24.6 Å². The molecule has 0 bridgehead atoms. The summed E-state index contributed by atoms with van der Waals surface area (Å²) in [6, 6.07) is 7.35. The van der Waals surface area contributed by atoms with E-state index in [1.54, 1.807) is 12.1 Å². The third-order valence-electron chi connectivity index (χ3n) is 4.56. The maximum Gasteiger partial charge on any atom is 0.251 e. The summed E-state index contributed by atoms with van der Waals surface area (Å²) < 4.78 is 0. The number of aryl methyl sites for hydroxylation is 1. The van der Waals surface area contributed by atoms with Crippen LogP contribution in [0.5, 0.6) is 0 Å². The smallest absolute Gasteiger partial charge is 0.251 e. The van der Waals surface area contributed by atoms with Crippen molar-refractivity contribution in [1.29, 1.82) is 0 Å². The number of rotatable bonds is 8. The summed E-state index contributed by atoms with van der Waals surface area (Å²) in [6.45, 7) is 5.87. The molecule has 138 valence electrons. The predicted molar refractivity (Wildman–Crippen MR) is 97.4 cm³/mol. The van der Waals surface area contributed by atoms with E-state index in [1.165, 1.54) is 0 Å². The highest BCUT2D eigenvalue weighted by Crippen LogP contribution is 2.14. The number of carbonyl (C=O) groups excluding carboxylic acids is 2. The Morgan fingerprint density at radius 1 is 1.20 bits per heavy atom. The predicted octanol–water partition coefficient (Wildman–Crippen LogP) is 0.935. The molecule has 1 heterocycles. The lowest BCUT2D eigenvalue weighted by molar-refractivity contribution is -0.121. The fraction of sp³-hybridized carbons (Fsp3) is 0.579. The van der Waals surface area contributed by atoms with E-state index < -0.39 is 0 Å². The molecule has 1 aliphatic heterocycles. The fourth-order valence-corrected chi connectivity index (χ4v) is 3.04. The number of benzene rings is 1.